The fraction of sp³-hybridized carbons (Fsp3) is 0.280. The van der Waals surface area contributed by atoms with Crippen molar-refractivity contribution in [2.75, 3.05) is 11.9 Å². The van der Waals surface area contributed by atoms with Gasteiger partial charge in [0.2, 0.25) is 0 Å². The molecule has 2 atom stereocenters. The molecule has 2 amide bonds. The molecular formula is C25H26N2O4. The Labute approximate surface area is 181 Å². The fourth-order valence-corrected chi connectivity index (χ4v) is 4.04. The SMILES string of the molecule is CCOC(=O)C1CC(NC(=O)Nc2cccc3c(CC)cccc23)c2ccccc2O1. The molecule has 6 heteroatoms. The Balaban J connectivity index is 1.55. The topological polar surface area (TPSA) is 76.7 Å². The van der Waals surface area contributed by atoms with Crippen molar-refractivity contribution < 1.29 is 19.1 Å². The highest BCUT2D eigenvalue weighted by molar-refractivity contribution is 6.02. The minimum absolute atomic E-state index is 0.278. The first-order valence-corrected chi connectivity index (χ1v) is 10.6. The van der Waals surface area contributed by atoms with Crippen molar-refractivity contribution in [3.05, 3.63) is 71.8 Å². The van der Waals surface area contributed by atoms with Crippen LogP contribution in [0.2, 0.25) is 0 Å². The van der Waals surface area contributed by atoms with Crippen LogP contribution in [0.1, 0.15) is 37.4 Å². The van der Waals surface area contributed by atoms with Crippen LogP contribution < -0.4 is 15.4 Å². The van der Waals surface area contributed by atoms with Gasteiger partial charge in [0.05, 0.1) is 18.3 Å². The first-order valence-electron chi connectivity index (χ1n) is 10.6. The molecule has 1 aliphatic heterocycles. The molecule has 3 aromatic rings. The standard InChI is InChI=1S/C25H26N2O4/c1-3-16-9-7-12-18-17(16)11-8-13-20(18)26-25(29)27-21-15-23(24(28)30-4-2)31-22-14-6-5-10-19(21)22/h5-14,21,23H,3-4,15H2,1-2H3,(H2,26,27,29). The van der Waals surface area contributed by atoms with Gasteiger partial charge in [0.15, 0.2) is 6.10 Å². The minimum atomic E-state index is -0.759. The van der Waals surface area contributed by atoms with E-state index in [-0.39, 0.29) is 18.7 Å². The number of aryl methyl sites for hydroxylation is 1. The first kappa shape index (κ1) is 20.7. The first-order chi connectivity index (χ1) is 15.1. The maximum Gasteiger partial charge on any atom is 0.347 e. The highest BCUT2D eigenvalue weighted by Crippen LogP contribution is 2.35. The van der Waals surface area contributed by atoms with Crippen molar-refractivity contribution in [2.24, 2.45) is 0 Å². The number of amides is 2. The van der Waals surface area contributed by atoms with E-state index in [1.54, 1.807) is 13.0 Å². The predicted molar refractivity (Wildman–Crippen MR) is 120 cm³/mol. The molecule has 0 saturated carbocycles. The molecule has 160 valence electrons. The maximum atomic E-state index is 12.9. The quantitative estimate of drug-likeness (QED) is 0.573. The van der Waals surface area contributed by atoms with Crippen molar-refractivity contribution in [2.45, 2.75) is 38.8 Å². The summed E-state index contributed by atoms with van der Waals surface area (Å²) in [5, 5.41) is 8.10. The zero-order valence-corrected chi connectivity index (χ0v) is 17.7. The van der Waals surface area contributed by atoms with Gasteiger partial charge in [0, 0.05) is 17.4 Å². The molecule has 0 aromatic heterocycles. The van der Waals surface area contributed by atoms with Crippen molar-refractivity contribution in [1.29, 1.82) is 0 Å². The third-order valence-electron chi connectivity index (χ3n) is 5.51. The Kier molecular flexibility index (Phi) is 6.07. The van der Waals surface area contributed by atoms with E-state index in [2.05, 4.69) is 29.7 Å². The largest absolute Gasteiger partial charge is 0.478 e. The Hall–Kier alpha value is -3.54. The lowest BCUT2D eigenvalue weighted by atomic mass is 9.96. The van der Waals surface area contributed by atoms with Crippen LogP contribution in [0.15, 0.2) is 60.7 Å². The number of carbonyl (C=O) groups excluding carboxylic acids is 2. The summed E-state index contributed by atoms with van der Waals surface area (Å²) in [6, 6.07) is 18.7. The third-order valence-corrected chi connectivity index (χ3v) is 5.51. The maximum absolute atomic E-state index is 12.9. The second-order valence-electron chi connectivity index (χ2n) is 7.45. The van der Waals surface area contributed by atoms with Crippen LogP contribution in [0.4, 0.5) is 10.5 Å². The van der Waals surface area contributed by atoms with Crippen LogP contribution in [-0.2, 0) is 16.0 Å². The summed E-state index contributed by atoms with van der Waals surface area (Å²) in [6.07, 6.45) is 0.463. The number of rotatable bonds is 5. The number of carbonyl (C=O) groups is 2. The Morgan fingerprint density at radius 3 is 2.58 bits per heavy atom. The van der Waals surface area contributed by atoms with Gasteiger partial charge in [0.1, 0.15) is 5.75 Å². The summed E-state index contributed by atoms with van der Waals surface area (Å²) in [6.45, 7) is 4.15. The van der Waals surface area contributed by atoms with Gasteiger partial charge >= 0.3 is 12.0 Å². The van der Waals surface area contributed by atoms with Gasteiger partial charge in [-0.1, -0.05) is 55.5 Å². The molecule has 2 unspecified atom stereocenters. The Bertz CT molecular complexity index is 1110. The van der Waals surface area contributed by atoms with Crippen LogP contribution in [0, 0.1) is 0 Å². The van der Waals surface area contributed by atoms with E-state index >= 15 is 0 Å². The molecule has 0 spiro atoms. The van der Waals surface area contributed by atoms with Crippen molar-refractivity contribution in [1.82, 2.24) is 5.32 Å². The lowest BCUT2D eigenvalue weighted by Gasteiger charge is -2.31. The molecule has 0 aliphatic carbocycles. The van der Waals surface area contributed by atoms with E-state index in [9.17, 15) is 9.59 Å². The minimum Gasteiger partial charge on any atom is -0.478 e. The zero-order valence-electron chi connectivity index (χ0n) is 17.7. The number of hydrogen-bond acceptors (Lipinski definition) is 4. The van der Waals surface area contributed by atoms with Crippen LogP contribution >= 0.6 is 0 Å². The van der Waals surface area contributed by atoms with Gasteiger partial charge in [-0.3, -0.25) is 0 Å². The highest BCUT2D eigenvalue weighted by Gasteiger charge is 2.34. The fourth-order valence-electron chi connectivity index (χ4n) is 4.04. The van der Waals surface area contributed by atoms with E-state index in [0.29, 0.717) is 12.2 Å². The molecule has 2 N–H and O–H groups in total. The molecular weight excluding hydrogens is 392 g/mol. The molecule has 1 aliphatic rings. The third kappa shape index (κ3) is 4.33. The van der Waals surface area contributed by atoms with E-state index in [0.717, 1.165) is 28.4 Å². The van der Waals surface area contributed by atoms with Gasteiger partial charge in [-0.25, -0.2) is 9.59 Å². The number of hydrogen-bond donors (Lipinski definition) is 2. The van der Waals surface area contributed by atoms with E-state index in [1.165, 1.54) is 5.56 Å². The van der Waals surface area contributed by atoms with Crippen LogP contribution in [-0.4, -0.2) is 24.7 Å². The number of para-hydroxylation sites is 1. The lowest BCUT2D eigenvalue weighted by Crippen LogP contribution is -2.41. The molecule has 3 aromatic carbocycles. The van der Waals surface area contributed by atoms with Crippen LogP contribution in [0.25, 0.3) is 10.8 Å². The molecule has 4 rings (SSSR count). The van der Waals surface area contributed by atoms with Gasteiger partial charge in [-0.15, -0.1) is 0 Å². The van der Waals surface area contributed by atoms with Crippen LogP contribution in [0.5, 0.6) is 5.75 Å². The smallest absolute Gasteiger partial charge is 0.347 e. The second-order valence-corrected chi connectivity index (χ2v) is 7.45. The summed E-state index contributed by atoms with van der Waals surface area (Å²) in [5.74, 6) is 0.153. The molecule has 0 bridgehead atoms. The van der Waals surface area contributed by atoms with E-state index in [4.69, 9.17) is 9.47 Å². The van der Waals surface area contributed by atoms with E-state index < -0.39 is 12.1 Å². The molecule has 0 saturated heterocycles. The lowest BCUT2D eigenvalue weighted by molar-refractivity contribution is -0.152. The predicted octanol–water partition coefficient (Wildman–Crippen LogP) is 4.98. The average molecular weight is 418 g/mol. The van der Waals surface area contributed by atoms with Gasteiger partial charge in [-0.05, 0) is 36.4 Å². The summed E-state index contributed by atoms with van der Waals surface area (Å²) < 4.78 is 10.9. The average Bonchev–Trinajstić information content (AvgIpc) is 2.79. The van der Waals surface area contributed by atoms with Crippen LogP contribution in [0.3, 0.4) is 0 Å². The number of fused-ring (bicyclic) bond motifs is 2. The van der Waals surface area contributed by atoms with Gasteiger partial charge < -0.3 is 20.1 Å². The van der Waals surface area contributed by atoms with Crippen molar-refractivity contribution in [3.8, 4) is 5.75 Å². The Morgan fingerprint density at radius 2 is 1.77 bits per heavy atom. The molecule has 31 heavy (non-hydrogen) atoms. The number of ether oxygens (including phenoxy) is 2. The molecule has 0 fully saturated rings. The van der Waals surface area contributed by atoms with Crippen molar-refractivity contribution >= 4 is 28.5 Å². The number of urea groups is 1. The summed E-state index contributed by atoms with van der Waals surface area (Å²) >= 11 is 0. The summed E-state index contributed by atoms with van der Waals surface area (Å²) in [5.41, 5.74) is 2.81. The van der Waals surface area contributed by atoms with E-state index in [1.807, 2.05) is 42.5 Å². The zero-order chi connectivity index (χ0) is 21.8. The van der Waals surface area contributed by atoms with Gasteiger partial charge in [0.25, 0.3) is 0 Å². The molecule has 1 heterocycles. The molecule has 0 radical (unpaired) electrons. The second kappa shape index (κ2) is 9.08. The molecule has 6 nitrogen and oxygen atoms in total. The summed E-state index contributed by atoms with van der Waals surface area (Å²) in [4.78, 5) is 25.2. The van der Waals surface area contributed by atoms with Crippen molar-refractivity contribution in [3.63, 3.8) is 0 Å². The normalized spacial score (nSPS) is 17.4. The number of benzene rings is 3. The highest BCUT2D eigenvalue weighted by atomic mass is 16.6. The Morgan fingerprint density at radius 1 is 1.00 bits per heavy atom. The number of esters is 1. The number of nitrogens with one attached hydrogen (secondary N) is 2. The number of anilines is 1. The monoisotopic (exact) mass is 418 g/mol. The van der Waals surface area contributed by atoms with Gasteiger partial charge in [-0.2, -0.15) is 0 Å². The summed E-state index contributed by atoms with van der Waals surface area (Å²) in [7, 11) is 0.